The number of H-pyrrole nitrogens is 1. The van der Waals surface area contributed by atoms with Crippen LogP contribution >= 0.6 is 11.8 Å². The van der Waals surface area contributed by atoms with E-state index >= 15 is 0 Å². The molecule has 2 aromatic rings. The summed E-state index contributed by atoms with van der Waals surface area (Å²) in [4.78, 5) is 26.7. The molecule has 0 aliphatic carbocycles. The molecule has 0 amide bonds. The predicted molar refractivity (Wildman–Crippen MR) is 78.0 cm³/mol. The van der Waals surface area contributed by atoms with Crippen molar-refractivity contribution in [3.8, 4) is 0 Å². The first-order valence-electron chi connectivity index (χ1n) is 6.35. The van der Waals surface area contributed by atoms with Crippen molar-refractivity contribution in [3.05, 3.63) is 50.3 Å². The third kappa shape index (κ3) is 4.02. The van der Waals surface area contributed by atoms with E-state index in [0.29, 0.717) is 16.6 Å². The van der Waals surface area contributed by atoms with Gasteiger partial charge in [-0.15, -0.1) is 0 Å². The first kappa shape index (κ1) is 15.5. The molecule has 112 valence electrons. The molecule has 2 rings (SSSR count). The number of aromatic nitrogens is 3. The lowest BCUT2D eigenvalue weighted by molar-refractivity contribution is 0.595. The Hall–Kier alpha value is -1.93. The second-order valence-corrected chi connectivity index (χ2v) is 5.42. The van der Waals surface area contributed by atoms with E-state index < -0.39 is 11.1 Å². The summed E-state index contributed by atoms with van der Waals surface area (Å²) in [5, 5.41) is 5.76. The summed E-state index contributed by atoms with van der Waals surface area (Å²) >= 11 is 1.11. The predicted octanol–water partition coefficient (Wildman–Crippen LogP) is 0.868. The van der Waals surface area contributed by atoms with E-state index in [0.717, 1.165) is 23.9 Å². The minimum absolute atomic E-state index is 0.291. The molecule has 0 aliphatic rings. The maximum atomic E-state index is 13.6. The molecule has 1 aromatic carbocycles. The number of benzene rings is 1. The average molecular weight is 310 g/mol. The Morgan fingerprint density at radius 1 is 1.38 bits per heavy atom. The molecule has 21 heavy (non-hydrogen) atoms. The van der Waals surface area contributed by atoms with Gasteiger partial charge in [-0.1, -0.05) is 18.7 Å². The van der Waals surface area contributed by atoms with Gasteiger partial charge in [0.15, 0.2) is 5.16 Å². The van der Waals surface area contributed by atoms with E-state index in [1.807, 2.05) is 13.0 Å². The van der Waals surface area contributed by atoms with Gasteiger partial charge in [0.25, 0.3) is 0 Å². The van der Waals surface area contributed by atoms with Crippen molar-refractivity contribution < 1.29 is 4.39 Å². The molecule has 0 bridgehead atoms. The summed E-state index contributed by atoms with van der Waals surface area (Å²) < 4.78 is 15.0. The quantitative estimate of drug-likeness (QED) is 0.801. The van der Waals surface area contributed by atoms with Crippen molar-refractivity contribution in [1.29, 1.82) is 0 Å². The lowest BCUT2D eigenvalue weighted by atomic mass is 10.2. The van der Waals surface area contributed by atoms with Crippen molar-refractivity contribution in [2.45, 2.75) is 23.5 Å². The summed E-state index contributed by atoms with van der Waals surface area (Å²) in [6.45, 7) is 3.31. The minimum Gasteiger partial charge on any atom is -0.313 e. The Balaban J connectivity index is 2.31. The molecule has 2 N–H and O–H groups in total. The van der Waals surface area contributed by atoms with Crippen LogP contribution in [0, 0.1) is 5.82 Å². The zero-order valence-electron chi connectivity index (χ0n) is 11.6. The molecule has 0 spiro atoms. The van der Waals surface area contributed by atoms with E-state index in [1.54, 1.807) is 7.05 Å². The maximum absolute atomic E-state index is 13.6. The Bertz CT molecular complexity index is 757. The summed E-state index contributed by atoms with van der Waals surface area (Å²) in [5.74, 6) is -0.359. The van der Waals surface area contributed by atoms with Crippen LogP contribution in [0.4, 0.5) is 4.39 Å². The first-order chi connectivity index (χ1) is 9.99. The van der Waals surface area contributed by atoms with Gasteiger partial charge in [-0.3, -0.25) is 19.4 Å². The smallest absolute Gasteiger partial charge is 0.313 e. The Kier molecular flexibility index (Phi) is 4.92. The molecule has 0 fully saturated rings. The number of hydrogen-bond acceptors (Lipinski definition) is 5. The van der Waals surface area contributed by atoms with Crippen LogP contribution in [0.25, 0.3) is 0 Å². The van der Waals surface area contributed by atoms with E-state index in [-0.39, 0.29) is 5.82 Å². The summed E-state index contributed by atoms with van der Waals surface area (Å²) in [6, 6.07) is 4.62. The van der Waals surface area contributed by atoms with Gasteiger partial charge in [0.1, 0.15) is 5.82 Å². The topological polar surface area (TPSA) is 79.8 Å². The monoisotopic (exact) mass is 310 g/mol. The van der Waals surface area contributed by atoms with E-state index in [9.17, 15) is 14.0 Å². The van der Waals surface area contributed by atoms with Crippen LogP contribution in [-0.4, -0.2) is 21.3 Å². The third-order valence-corrected chi connectivity index (χ3v) is 3.69. The number of halogens is 1. The van der Waals surface area contributed by atoms with Crippen LogP contribution in [-0.2, 0) is 13.6 Å². The second kappa shape index (κ2) is 6.68. The van der Waals surface area contributed by atoms with Gasteiger partial charge in [-0.2, -0.15) is 4.98 Å². The Labute approximate surface area is 124 Å². The summed E-state index contributed by atoms with van der Waals surface area (Å²) in [6.07, 6.45) is 0. The summed E-state index contributed by atoms with van der Waals surface area (Å²) in [5.41, 5.74) is -0.845. The van der Waals surface area contributed by atoms with Crippen LogP contribution in [0.15, 0.2) is 37.8 Å². The first-order valence-corrected chi connectivity index (χ1v) is 7.16. The fourth-order valence-electron chi connectivity index (χ4n) is 1.71. The molecule has 6 nitrogen and oxygen atoms in total. The van der Waals surface area contributed by atoms with Gasteiger partial charge in [-0.25, -0.2) is 4.39 Å². The molecular formula is C13H15FN4O2S. The molecule has 1 aromatic heterocycles. The standard InChI is InChI=1S/C13H15FN4O2S/c1-3-15-7-8-4-9(14)6-10(5-8)21-13-16-11(19)12(20)17-18(13)2/h4-6,15H,3,7H2,1-2H3,(H,17,20). The molecule has 0 saturated heterocycles. The summed E-state index contributed by atoms with van der Waals surface area (Å²) in [7, 11) is 1.56. The van der Waals surface area contributed by atoms with Gasteiger partial charge < -0.3 is 5.32 Å². The van der Waals surface area contributed by atoms with E-state index in [4.69, 9.17) is 0 Å². The highest BCUT2D eigenvalue weighted by molar-refractivity contribution is 7.99. The molecule has 1 heterocycles. The van der Waals surface area contributed by atoms with Gasteiger partial charge in [0, 0.05) is 18.5 Å². The van der Waals surface area contributed by atoms with E-state index in [2.05, 4.69) is 15.4 Å². The molecule has 0 aliphatic heterocycles. The average Bonchev–Trinajstić information content (AvgIpc) is 2.42. The third-order valence-electron chi connectivity index (χ3n) is 2.67. The van der Waals surface area contributed by atoms with Crippen LogP contribution in [0.5, 0.6) is 0 Å². The number of aryl methyl sites for hydroxylation is 1. The van der Waals surface area contributed by atoms with Crippen LogP contribution in [0.1, 0.15) is 12.5 Å². The van der Waals surface area contributed by atoms with Crippen LogP contribution in [0.2, 0.25) is 0 Å². The highest BCUT2D eigenvalue weighted by Gasteiger charge is 2.08. The van der Waals surface area contributed by atoms with Gasteiger partial charge >= 0.3 is 11.1 Å². The van der Waals surface area contributed by atoms with Gasteiger partial charge in [0.2, 0.25) is 0 Å². The number of hydrogen-bond donors (Lipinski definition) is 2. The highest BCUT2D eigenvalue weighted by atomic mass is 32.2. The fourth-order valence-corrected chi connectivity index (χ4v) is 2.61. The van der Waals surface area contributed by atoms with E-state index in [1.165, 1.54) is 16.8 Å². The SMILES string of the molecule is CCNCc1cc(F)cc(Sc2nc(=O)c(=O)[nH]n2C)c1. The second-order valence-electron chi connectivity index (χ2n) is 4.38. The molecule has 0 saturated carbocycles. The largest absolute Gasteiger partial charge is 0.339 e. The van der Waals surface area contributed by atoms with Crippen molar-refractivity contribution >= 4 is 11.8 Å². The molecule has 0 radical (unpaired) electrons. The number of nitrogens with one attached hydrogen (secondary N) is 2. The minimum atomic E-state index is -0.861. The van der Waals surface area contributed by atoms with Crippen LogP contribution in [0.3, 0.4) is 0 Å². The molecule has 8 heteroatoms. The zero-order valence-corrected chi connectivity index (χ0v) is 12.5. The van der Waals surface area contributed by atoms with Gasteiger partial charge in [-0.05, 0) is 30.3 Å². The molecular weight excluding hydrogens is 295 g/mol. The number of aromatic amines is 1. The van der Waals surface area contributed by atoms with Crippen molar-refractivity contribution in [1.82, 2.24) is 20.1 Å². The fraction of sp³-hybridized carbons (Fsp3) is 0.308. The van der Waals surface area contributed by atoms with Gasteiger partial charge in [0.05, 0.1) is 0 Å². The highest BCUT2D eigenvalue weighted by Crippen LogP contribution is 2.26. The number of nitrogens with zero attached hydrogens (tertiary/aromatic N) is 2. The lowest BCUT2D eigenvalue weighted by Gasteiger charge is -2.08. The van der Waals surface area contributed by atoms with Crippen molar-refractivity contribution in [2.75, 3.05) is 6.54 Å². The Morgan fingerprint density at radius 2 is 2.14 bits per heavy atom. The normalized spacial score (nSPS) is 10.8. The van der Waals surface area contributed by atoms with Crippen molar-refractivity contribution in [3.63, 3.8) is 0 Å². The Morgan fingerprint density at radius 3 is 2.86 bits per heavy atom. The lowest BCUT2D eigenvalue weighted by Crippen LogP contribution is -2.33. The molecule has 0 atom stereocenters. The number of rotatable bonds is 5. The maximum Gasteiger partial charge on any atom is 0.339 e. The van der Waals surface area contributed by atoms with Crippen LogP contribution < -0.4 is 16.4 Å². The zero-order chi connectivity index (χ0) is 15.4. The molecule has 0 unspecified atom stereocenters. The van der Waals surface area contributed by atoms with Crippen molar-refractivity contribution in [2.24, 2.45) is 7.05 Å².